The van der Waals surface area contributed by atoms with Gasteiger partial charge in [-0.05, 0) is 98.4 Å². The first-order chi connectivity index (χ1) is 17.6. The summed E-state index contributed by atoms with van der Waals surface area (Å²) in [6, 6.07) is 21.0. The lowest BCUT2D eigenvalue weighted by Gasteiger charge is -2.28. The van der Waals surface area contributed by atoms with Crippen LogP contribution in [0.15, 0.2) is 79.0 Å². The Hall–Kier alpha value is -3.76. The normalized spacial score (nSPS) is 17.6. The maximum Gasteiger partial charge on any atom is 0.229 e. The summed E-state index contributed by atoms with van der Waals surface area (Å²) in [5, 5.41) is 3.99. The van der Waals surface area contributed by atoms with Gasteiger partial charge in [0.1, 0.15) is 5.82 Å². The van der Waals surface area contributed by atoms with Crippen LogP contribution in [0.1, 0.15) is 34.7 Å². The van der Waals surface area contributed by atoms with Gasteiger partial charge in [0.25, 0.3) is 0 Å². The average Bonchev–Trinajstić information content (AvgIpc) is 3.35. The van der Waals surface area contributed by atoms with E-state index in [1.54, 1.807) is 30.5 Å². The lowest BCUT2D eigenvalue weighted by Crippen LogP contribution is -2.29. The van der Waals surface area contributed by atoms with Crippen molar-refractivity contribution in [1.29, 1.82) is 0 Å². The van der Waals surface area contributed by atoms with Crippen molar-refractivity contribution in [3.63, 3.8) is 0 Å². The van der Waals surface area contributed by atoms with E-state index in [9.17, 15) is 12.8 Å². The Balaban J connectivity index is 1.62. The summed E-state index contributed by atoms with van der Waals surface area (Å²) in [5.41, 5.74) is 6.05. The third-order valence-corrected chi connectivity index (χ3v) is 7.34. The zero-order valence-electron chi connectivity index (χ0n) is 20.5. The number of aryl methyl sites for hydroxylation is 1. The Morgan fingerprint density at radius 2 is 1.68 bits per heavy atom. The number of hydrogen-bond donors (Lipinski definition) is 2. The van der Waals surface area contributed by atoms with Crippen LogP contribution in [-0.2, 0) is 10.0 Å². The molecule has 10 heteroatoms. The number of pyridine rings is 1. The van der Waals surface area contributed by atoms with Crippen LogP contribution in [0.2, 0.25) is 0 Å². The van der Waals surface area contributed by atoms with Crippen LogP contribution in [-0.4, -0.2) is 29.3 Å². The molecule has 1 aliphatic rings. The summed E-state index contributed by atoms with van der Waals surface area (Å²) in [6.45, 7) is 4.06. The molecule has 2 aromatic carbocycles. The predicted octanol–water partition coefficient (Wildman–Crippen LogP) is 5.18. The number of thiocarbonyl (C=S) groups is 1. The molecule has 0 aliphatic carbocycles. The summed E-state index contributed by atoms with van der Waals surface area (Å²) < 4.78 is 41.5. The van der Waals surface area contributed by atoms with Crippen LogP contribution in [0.5, 0.6) is 0 Å². The molecule has 7 nitrogen and oxygen atoms in total. The van der Waals surface area contributed by atoms with Crippen LogP contribution in [0, 0.1) is 19.7 Å². The van der Waals surface area contributed by atoms with Crippen LogP contribution in [0.4, 0.5) is 15.8 Å². The molecule has 1 aliphatic heterocycles. The Bertz CT molecular complexity index is 1550. The quantitative estimate of drug-likeness (QED) is 0.332. The third kappa shape index (κ3) is 4.94. The van der Waals surface area contributed by atoms with Crippen molar-refractivity contribution in [1.82, 2.24) is 14.9 Å². The highest BCUT2D eigenvalue weighted by Crippen LogP contribution is 2.43. The fourth-order valence-corrected chi connectivity index (χ4v) is 5.84. The van der Waals surface area contributed by atoms with Crippen LogP contribution >= 0.6 is 12.2 Å². The van der Waals surface area contributed by atoms with Gasteiger partial charge >= 0.3 is 0 Å². The van der Waals surface area contributed by atoms with E-state index < -0.39 is 10.0 Å². The Kier molecular flexibility index (Phi) is 6.47. The minimum Gasteiger partial charge on any atom is -0.351 e. The topological polar surface area (TPSA) is 79.3 Å². The Morgan fingerprint density at radius 1 is 1.00 bits per heavy atom. The van der Waals surface area contributed by atoms with Gasteiger partial charge in [0.2, 0.25) is 10.0 Å². The van der Waals surface area contributed by atoms with Crippen molar-refractivity contribution in [2.24, 2.45) is 0 Å². The molecule has 1 fully saturated rings. The fourth-order valence-electron chi connectivity index (χ4n) is 4.93. The zero-order chi connectivity index (χ0) is 26.3. The minimum absolute atomic E-state index is 0.232. The second-order valence-corrected chi connectivity index (χ2v) is 11.2. The second kappa shape index (κ2) is 9.60. The van der Waals surface area contributed by atoms with Crippen LogP contribution in [0.3, 0.4) is 0 Å². The number of rotatable bonds is 6. The Morgan fingerprint density at radius 3 is 2.30 bits per heavy atom. The number of sulfonamides is 1. The van der Waals surface area contributed by atoms with E-state index in [0.717, 1.165) is 40.3 Å². The zero-order valence-corrected chi connectivity index (χ0v) is 22.1. The molecule has 2 unspecified atom stereocenters. The lowest BCUT2D eigenvalue weighted by molar-refractivity contribution is 0.565. The van der Waals surface area contributed by atoms with E-state index in [2.05, 4.69) is 25.7 Å². The molecule has 190 valence electrons. The molecule has 1 saturated heterocycles. The van der Waals surface area contributed by atoms with Gasteiger partial charge in [-0.15, -0.1) is 0 Å². The van der Waals surface area contributed by atoms with Crippen LogP contribution in [0.25, 0.3) is 5.69 Å². The first kappa shape index (κ1) is 24.9. The molecule has 3 heterocycles. The molecular formula is C27H26FN5O2S2. The maximum absolute atomic E-state index is 13.6. The standard InChI is InChI=1S/C27H26FN5O2S2/c1-17-16-23(18(2)32(17)21-11-7-19(28)8-12-21)26-25(24-6-4-5-15-29-24)30-27(36)33(26)22-13-9-20(10-14-22)31-37(3,34)35/h4-16,25-26,31H,1-3H3,(H,30,36). The Labute approximate surface area is 221 Å². The summed E-state index contributed by atoms with van der Waals surface area (Å²) in [7, 11) is -3.39. The van der Waals surface area contributed by atoms with Gasteiger partial charge in [-0.2, -0.15) is 0 Å². The molecule has 0 amide bonds. The smallest absolute Gasteiger partial charge is 0.229 e. The lowest BCUT2D eigenvalue weighted by atomic mass is 9.96. The van der Waals surface area contributed by atoms with Crippen molar-refractivity contribution in [2.75, 3.05) is 15.9 Å². The molecule has 2 aromatic heterocycles. The van der Waals surface area contributed by atoms with Gasteiger partial charge in [-0.3, -0.25) is 9.71 Å². The van der Waals surface area contributed by atoms with Gasteiger partial charge in [-0.1, -0.05) is 6.07 Å². The monoisotopic (exact) mass is 535 g/mol. The minimum atomic E-state index is -3.39. The summed E-state index contributed by atoms with van der Waals surface area (Å²) in [6.07, 6.45) is 2.87. The van der Waals surface area contributed by atoms with Crippen molar-refractivity contribution >= 4 is 38.7 Å². The van der Waals surface area contributed by atoms with Gasteiger partial charge in [0.15, 0.2) is 5.11 Å². The molecule has 2 N–H and O–H groups in total. The molecule has 0 radical (unpaired) electrons. The van der Waals surface area contributed by atoms with E-state index in [4.69, 9.17) is 12.2 Å². The largest absolute Gasteiger partial charge is 0.351 e. The summed E-state index contributed by atoms with van der Waals surface area (Å²) in [4.78, 5) is 6.64. The van der Waals surface area contributed by atoms with E-state index >= 15 is 0 Å². The molecule has 37 heavy (non-hydrogen) atoms. The molecular weight excluding hydrogens is 509 g/mol. The van der Waals surface area contributed by atoms with E-state index in [-0.39, 0.29) is 17.9 Å². The highest BCUT2D eigenvalue weighted by molar-refractivity contribution is 7.92. The number of nitrogens with zero attached hydrogens (tertiary/aromatic N) is 3. The number of benzene rings is 2. The van der Waals surface area contributed by atoms with Crippen molar-refractivity contribution in [2.45, 2.75) is 25.9 Å². The fraction of sp³-hybridized carbons (Fsp3) is 0.185. The molecule has 0 spiro atoms. The maximum atomic E-state index is 13.6. The van der Waals surface area contributed by atoms with Crippen LogP contribution < -0.4 is 14.9 Å². The molecule has 0 saturated carbocycles. The van der Waals surface area contributed by atoms with Gasteiger partial charge in [-0.25, -0.2) is 12.8 Å². The van der Waals surface area contributed by atoms with Gasteiger partial charge in [0, 0.05) is 34.6 Å². The predicted molar refractivity (Wildman–Crippen MR) is 148 cm³/mol. The first-order valence-electron chi connectivity index (χ1n) is 11.7. The number of nitrogens with one attached hydrogen (secondary N) is 2. The van der Waals surface area contributed by atoms with Crippen molar-refractivity contribution in [3.05, 3.63) is 107 Å². The number of halogens is 1. The van der Waals surface area contributed by atoms with E-state index in [1.165, 1.54) is 12.1 Å². The van der Waals surface area contributed by atoms with Gasteiger partial charge < -0.3 is 14.8 Å². The number of hydrogen-bond acceptors (Lipinski definition) is 4. The van der Waals surface area contributed by atoms with Crippen molar-refractivity contribution in [3.8, 4) is 5.69 Å². The highest BCUT2D eigenvalue weighted by Gasteiger charge is 2.42. The summed E-state index contributed by atoms with van der Waals surface area (Å²) in [5.74, 6) is -0.285. The van der Waals surface area contributed by atoms with E-state index in [0.29, 0.717) is 10.8 Å². The second-order valence-electron chi connectivity index (χ2n) is 9.06. The molecule has 4 aromatic rings. The summed E-state index contributed by atoms with van der Waals surface area (Å²) >= 11 is 5.81. The molecule has 0 bridgehead atoms. The SMILES string of the molecule is Cc1cc(C2C(c3ccccn3)NC(=S)N2c2ccc(NS(C)(=O)=O)cc2)c(C)n1-c1ccc(F)cc1. The number of aromatic nitrogens is 2. The molecule has 5 rings (SSSR count). The first-order valence-corrected chi connectivity index (χ1v) is 14.0. The molecule has 2 atom stereocenters. The van der Waals surface area contributed by atoms with Gasteiger partial charge in [0.05, 0.1) is 24.0 Å². The van der Waals surface area contributed by atoms with E-state index in [1.807, 2.05) is 49.1 Å². The third-order valence-electron chi connectivity index (χ3n) is 6.42. The number of anilines is 2. The average molecular weight is 536 g/mol. The van der Waals surface area contributed by atoms with Crippen molar-refractivity contribution < 1.29 is 12.8 Å². The highest BCUT2D eigenvalue weighted by atomic mass is 32.2.